The van der Waals surface area contributed by atoms with Gasteiger partial charge in [0.05, 0.1) is 11.2 Å². The lowest BCUT2D eigenvalue weighted by molar-refractivity contribution is 0.0949. The van der Waals surface area contributed by atoms with Crippen LogP contribution in [0, 0.1) is 5.82 Å². The molecule has 0 radical (unpaired) electrons. The first kappa shape index (κ1) is 8.89. The molecule has 4 nitrogen and oxygen atoms in total. The van der Waals surface area contributed by atoms with Gasteiger partial charge in [-0.2, -0.15) is 0 Å². The molecule has 12 heavy (non-hydrogen) atoms. The van der Waals surface area contributed by atoms with Crippen molar-refractivity contribution in [2.75, 3.05) is 0 Å². The Hall–Kier alpha value is -1.20. The number of pyridine rings is 1. The number of nitrogens with zero attached hydrogens (tertiary/aromatic N) is 1. The molecule has 1 rings (SSSR count). The van der Waals surface area contributed by atoms with Gasteiger partial charge in [0, 0.05) is 0 Å². The lowest BCUT2D eigenvalue weighted by Gasteiger charge is -1.99. The highest BCUT2D eigenvalue weighted by atomic mass is 35.5. The zero-order valence-corrected chi connectivity index (χ0v) is 6.60. The van der Waals surface area contributed by atoms with Crippen molar-refractivity contribution >= 4 is 17.5 Å². The second-order valence-corrected chi connectivity index (χ2v) is 2.36. The molecule has 0 aromatic carbocycles. The molecule has 0 atom stereocenters. The Balaban J connectivity index is 3.09. The zero-order chi connectivity index (χ0) is 9.14. The van der Waals surface area contributed by atoms with Crippen LogP contribution in [0.4, 0.5) is 4.39 Å². The molecule has 0 spiro atoms. The predicted molar refractivity (Wildman–Crippen MR) is 40.9 cm³/mol. The molecule has 1 amide bonds. The minimum Gasteiger partial charge on any atom is -0.289 e. The number of nitrogens with one attached hydrogen (secondary N) is 1. The summed E-state index contributed by atoms with van der Waals surface area (Å²) in [7, 11) is 0. The Bertz CT molecular complexity index is 318. The van der Waals surface area contributed by atoms with Crippen LogP contribution in [0.3, 0.4) is 0 Å². The third-order valence-corrected chi connectivity index (χ3v) is 1.44. The van der Waals surface area contributed by atoms with Crippen LogP contribution in [0.15, 0.2) is 12.3 Å². The van der Waals surface area contributed by atoms with Gasteiger partial charge in [-0.15, -0.1) is 0 Å². The normalized spacial score (nSPS) is 9.58. The molecule has 1 heterocycles. The standard InChI is InChI=1S/C6H5ClFN3O/c7-4-1-3(8)2-10-5(4)6(12)11-9/h1-2H,9H2,(H,11,12). The van der Waals surface area contributed by atoms with E-state index in [1.54, 1.807) is 0 Å². The molecule has 0 fully saturated rings. The smallest absolute Gasteiger partial charge is 0.285 e. The van der Waals surface area contributed by atoms with Crippen LogP contribution in [-0.4, -0.2) is 10.9 Å². The summed E-state index contributed by atoms with van der Waals surface area (Å²) in [5, 5.41) is -0.0713. The maximum atomic E-state index is 12.4. The van der Waals surface area contributed by atoms with Crippen molar-refractivity contribution in [3.8, 4) is 0 Å². The largest absolute Gasteiger partial charge is 0.289 e. The van der Waals surface area contributed by atoms with Crippen LogP contribution in [0.5, 0.6) is 0 Å². The summed E-state index contributed by atoms with van der Waals surface area (Å²) >= 11 is 5.48. The van der Waals surface area contributed by atoms with Gasteiger partial charge >= 0.3 is 0 Å². The molecular formula is C6H5ClFN3O. The van der Waals surface area contributed by atoms with Gasteiger partial charge in [-0.05, 0) is 6.07 Å². The van der Waals surface area contributed by atoms with E-state index in [9.17, 15) is 9.18 Å². The number of amides is 1. The summed E-state index contributed by atoms with van der Waals surface area (Å²) in [6, 6.07) is 0.985. The lowest BCUT2D eigenvalue weighted by Crippen LogP contribution is -2.31. The first-order valence-corrected chi connectivity index (χ1v) is 3.35. The minimum absolute atomic E-state index is 0.0713. The maximum Gasteiger partial charge on any atom is 0.285 e. The van der Waals surface area contributed by atoms with Crippen LogP contribution in [0.2, 0.25) is 5.02 Å². The molecule has 3 N–H and O–H groups in total. The third kappa shape index (κ3) is 1.69. The van der Waals surface area contributed by atoms with E-state index in [-0.39, 0.29) is 10.7 Å². The Labute approximate surface area is 72.5 Å². The van der Waals surface area contributed by atoms with E-state index in [4.69, 9.17) is 17.4 Å². The Morgan fingerprint density at radius 2 is 2.42 bits per heavy atom. The van der Waals surface area contributed by atoms with E-state index in [0.717, 1.165) is 12.3 Å². The number of hydrogen-bond donors (Lipinski definition) is 2. The maximum absolute atomic E-state index is 12.4. The molecule has 0 aliphatic carbocycles. The number of nitrogens with two attached hydrogens (primary N) is 1. The molecule has 1 aromatic rings. The quantitative estimate of drug-likeness (QED) is 0.384. The molecule has 6 heteroatoms. The lowest BCUT2D eigenvalue weighted by atomic mass is 10.3. The number of hydrazine groups is 1. The molecule has 0 bridgehead atoms. The molecule has 0 saturated carbocycles. The first-order valence-electron chi connectivity index (χ1n) is 2.97. The van der Waals surface area contributed by atoms with Crippen LogP contribution in [0.1, 0.15) is 10.5 Å². The average molecular weight is 190 g/mol. The Morgan fingerprint density at radius 1 is 1.75 bits per heavy atom. The molecular weight excluding hydrogens is 185 g/mol. The third-order valence-electron chi connectivity index (χ3n) is 1.15. The van der Waals surface area contributed by atoms with Gasteiger partial charge in [-0.1, -0.05) is 11.6 Å². The highest BCUT2D eigenvalue weighted by Crippen LogP contribution is 2.13. The van der Waals surface area contributed by atoms with Crippen molar-refractivity contribution < 1.29 is 9.18 Å². The molecule has 0 aliphatic rings. The van der Waals surface area contributed by atoms with Gasteiger partial charge in [-0.3, -0.25) is 10.2 Å². The van der Waals surface area contributed by atoms with Crippen LogP contribution in [0.25, 0.3) is 0 Å². The number of hydrogen-bond acceptors (Lipinski definition) is 3. The van der Waals surface area contributed by atoms with Crippen molar-refractivity contribution in [1.82, 2.24) is 10.4 Å². The van der Waals surface area contributed by atoms with Gasteiger partial charge in [0.25, 0.3) is 5.91 Å². The molecule has 0 unspecified atom stereocenters. The van der Waals surface area contributed by atoms with E-state index in [0.29, 0.717) is 0 Å². The number of carbonyl (C=O) groups excluding carboxylic acids is 1. The van der Waals surface area contributed by atoms with Crippen LogP contribution >= 0.6 is 11.6 Å². The number of halogens is 2. The first-order chi connectivity index (χ1) is 5.65. The summed E-state index contributed by atoms with van der Waals surface area (Å²) in [6.07, 6.45) is 0.885. The second-order valence-electron chi connectivity index (χ2n) is 1.96. The van der Waals surface area contributed by atoms with Gasteiger partial charge in [-0.25, -0.2) is 15.2 Å². The van der Waals surface area contributed by atoms with Crippen molar-refractivity contribution in [1.29, 1.82) is 0 Å². The number of carbonyl (C=O) groups is 1. The van der Waals surface area contributed by atoms with E-state index < -0.39 is 11.7 Å². The summed E-state index contributed by atoms with van der Waals surface area (Å²) in [5.41, 5.74) is 1.74. The summed E-state index contributed by atoms with van der Waals surface area (Å²) in [5.74, 6) is 3.56. The molecule has 0 saturated heterocycles. The topological polar surface area (TPSA) is 68.0 Å². The molecule has 64 valence electrons. The van der Waals surface area contributed by atoms with Gasteiger partial charge in [0.15, 0.2) is 0 Å². The van der Waals surface area contributed by atoms with Crippen molar-refractivity contribution in [3.05, 3.63) is 28.8 Å². The summed E-state index contributed by atoms with van der Waals surface area (Å²) < 4.78 is 12.4. The zero-order valence-electron chi connectivity index (χ0n) is 5.84. The Kier molecular flexibility index (Phi) is 2.57. The molecule has 1 aromatic heterocycles. The van der Waals surface area contributed by atoms with Crippen molar-refractivity contribution in [3.63, 3.8) is 0 Å². The monoisotopic (exact) mass is 189 g/mol. The summed E-state index contributed by atoms with van der Waals surface area (Å²) in [6.45, 7) is 0. The van der Waals surface area contributed by atoms with Gasteiger partial charge in [0.2, 0.25) is 0 Å². The molecule has 0 aliphatic heterocycles. The predicted octanol–water partition coefficient (Wildman–Crippen LogP) is 0.478. The number of nitrogen functional groups attached to an aromatic ring is 1. The minimum atomic E-state index is -0.653. The summed E-state index contributed by atoms with van der Waals surface area (Å²) in [4.78, 5) is 14.3. The highest BCUT2D eigenvalue weighted by Gasteiger charge is 2.10. The number of rotatable bonds is 1. The van der Waals surface area contributed by atoms with Crippen LogP contribution in [-0.2, 0) is 0 Å². The van der Waals surface area contributed by atoms with E-state index in [1.165, 1.54) is 0 Å². The SMILES string of the molecule is NNC(=O)c1ncc(F)cc1Cl. The van der Waals surface area contributed by atoms with Crippen molar-refractivity contribution in [2.24, 2.45) is 5.84 Å². The van der Waals surface area contributed by atoms with E-state index >= 15 is 0 Å². The Morgan fingerprint density at radius 3 is 2.92 bits per heavy atom. The second kappa shape index (κ2) is 3.46. The van der Waals surface area contributed by atoms with Crippen molar-refractivity contribution in [2.45, 2.75) is 0 Å². The fraction of sp³-hybridized carbons (Fsp3) is 0. The van der Waals surface area contributed by atoms with E-state index in [1.807, 2.05) is 5.43 Å². The van der Waals surface area contributed by atoms with Gasteiger partial charge < -0.3 is 0 Å². The van der Waals surface area contributed by atoms with E-state index in [2.05, 4.69) is 4.98 Å². The highest BCUT2D eigenvalue weighted by molar-refractivity contribution is 6.33. The van der Waals surface area contributed by atoms with Crippen LogP contribution < -0.4 is 11.3 Å². The average Bonchev–Trinajstić information content (AvgIpc) is 2.03. The fourth-order valence-electron chi connectivity index (χ4n) is 0.650. The number of aromatic nitrogens is 1. The fourth-order valence-corrected chi connectivity index (χ4v) is 0.889. The van der Waals surface area contributed by atoms with Gasteiger partial charge in [0.1, 0.15) is 11.5 Å².